The number of fused-ring (bicyclic) bond motifs is 1. The van der Waals surface area contributed by atoms with Gasteiger partial charge in [0.15, 0.2) is 0 Å². The summed E-state index contributed by atoms with van der Waals surface area (Å²) in [5.41, 5.74) is 2.88. The fourth-order valence-corrected chi connectivity index (χ4v) is 4.68. The van der Waals surface area contributed by atoms with E-state index in [2.05, 4.69) is 4.57 Å². The Labute approximate surface area is 203 Å². The van der Waals surface area contributed by atoms with Crippen molar-refractivity contribution in [3.05, 3.63) is 63.9 Å². The second-order valence-electron chi connectivity index (χ2n) is 8.27. The first-order valence-electron chi connectivity index (χ1n) is 11.3. The van der Waals surface area contributed by atoms with E-state index in [1.165, 1.54) is 0 Å². The standard InChI is InChI=1S/C25H27Cl2N3O3/c1-2-33-25(32)18-6-5-12-29(16-18)24(31)11-13-30-22-8-4-3-7-21(22)28-23(30)15-17-9-10-19(26)20(27)14-17/h3-4,7-10,14,18H,2,5-6,11-13,15-16H2,1H3/t18-/m0/s1. The molecule has 1 amide bonds. The number of hydrogen-bond acceptors (Lipinski definition) is 4. The van der Waals surface area contributed by atoms with Crippen molar-refractivity contribution in [2.75, 3.05) is 19.7 Å². The second kappa shape index (κ2) is 10.6. The average Bonchev–Trinajstić information content (AvgIpc) is 3.17. The molecule has 1 aliphatic heterocycles. The summed E-state index contributed by atoms with van der Waals surface area (Å²) < 4.78 is 7.26. The summed E-state index contributed by atoms with van der Waals surface area (Å²) >= 11 is 12.3. The van der Waals surface area contributed by atoms with E-state index in [-0.39, 0.29) is 17.8 Å². The normalized spacial score (nSPS) is 16.2. The number of aromatic nitrogens is 2. The quantitative estimate of drug-likeness (QED) is 0.433. The summed E-state index contributed by atoms with van der Waals surface area (Å²) in [5.74, 6) is 0.467. The lowest BCUT2D eigenvalue weighted by Gasteiger charge is -2.31. The van der Waals surface area contributed by atoms with Crippen LogP contribution in [-0.2, 0) is 27.3 Å². The van der Waals surface area contributed by atoms with E-state index in [0.717, 1.165) is 35.3 Å². The molecule has 6 nitrogen and oxygen atoms in total. The van der Waals surface area contributed by atoms with Crippen molar-refractivity contribution in [1.82, 2.24) is 14.5 Å². The van der Waals surface area contributed by atoms with Crippen LogP contribution in [0.15, 0.2) is 42.5 Å². The van der Waals surface area contributed by atoms with Gasteiger partial charge in [-0.1, -0.05) is 41.4 Å². The first-order valence-corrected chi connectivity index (χ1v) is 12.0. The van der Waals surface area contributed by atoms with Gasteiger partial charge < -0.3 is 14.2 Å². The van der Waals surface area contributed by atoms with Gasteiger partial charge in [0.2, 0.25) is 5.91 Å². The van der Waals surface area contributed by atoms with Crippen LogP contribution in [0.25, 0.3) is 11.0 Å². The molecule has 0 aliphatic carbocycles. The van der Waals surface area contributed by atoms with Crippen LogP contribution >= 0.6 is 23.2 Å². The number of amides is 1. The van der Waals surface area contributed by atoms with Crippen LogP contribution in [0.5, 0.6) is 0 Å². The first-order chi connectivity index (χ1) is 16.0. The lowest BCUT2D eigenvalue weighted by Crippen LogP contribution is -2.43. The van der Waals surface area contributed by atoms with Crippen LogP contribution in [0.1, 0.15) is 37.6 Å². The molecule has 1 atom stereocenters. The molecule has 2 heterocycles. The number of likely N-dealkylation sites (tertiary alicyclic amines) is 1. The molecule has 0 spiro atoms. The van der Waals surface area contributed by atoms with Crippen molar-refractivity contribution >= 4 is 46.1 Å². The van der Waals surface area contributed by atoms with E-state index in [9.17, 15) is 9.59 Å². The molecule has 33 heavy (non-hydrogen) atoms. The maximum absolute atomic E-state index is 13.0. The molecule has 0 unspecified atom stereocenters. The number of rotatable bonds is 7. The Morgan fingerprint density at radius 3 is 2.76 bits per heavy atom. The topological polar surface area (TPSA) is 64.4 Å². The Morgan fingerprint density at radius 2 is 1.97 bits per heavy atom. The van der Waals surface area contributed by atoms with E-state index >= 15 is 0 Å². The number of aryl methyl sites for hydroxylation is 1. The number of carbonyl (C=O) groups is 2. The van der Waals surface area contributed by atoms with Gasteiger partial charge in [0, 0.05) is 32.5 Å². The van der Waals surface area contributed by atoms with Crippen LogP contribution in [0.3, 0.4) is 0 Å². The SMILES string of the molecule is CCOC(=O)[C@H]1CCCN(C(=O)CCn2c(Cc3ccc(Cl)c(Cl)c3)nc3ccccc32)C1. The third kappa shape index (κ3) is 5.50. The third-order valence-electron chi connectivity index (χ3n) is 6.02. The number of halogens is 2. The minimum atomic E-state index is -0.234. The van der Waals surface area contributed by atoms with Gasteiger partial charge in [-0.3, -0.25) is 9.59 Å². The van der Waals surface area contributed by atoms with Crippen molar-refractivity contribution in [2.24, 2.45) is 5.92 Å². The maximum atomic E-state index is 13.0. The van der Waals surface area contributed by atoms with Gasteiger partial charge in [0.1, 0.15) is 5.82 Å². The maximum Gasteiger partial charge on any atom is 0.310 e. The van der Waals surface area contributed by atoms with E-state index in [4.69, 9.17) is 32.9 Å². The van der Waals surface area contributed by atoms with Crippen molar-refractivity contribution in [3.8, 4) is 0 Å². The molecular formula is C25H27Cl2N3O3. The molecule has 1 saturated heterocycles. The molecule has 8 heteroatoms. The summed E-state index contributed by atoms with van der Waals surface area (Å²) in [7, 11) is 0. The zero-order valence-electron chi connectivity index (χ0n) is 18.6. The Balaban J connectivity index is 1.49. The highest BCUT2D eigenvalue weighted by Gasteiger charge is 2.29. The van der Waals surface area contributed by atoms with Crippen molar-refractivity contribution < 1.29 is 14.3 Å². The monoisotopic (exact) mass is 487 g/mol. The molecular weight excluding hydrogens is 461 g/mol. The van der Waals surface area contributed by atoms with E-state index in [1.807, 2.05) is 36.4 Å². The van der Waals surface area contributed by atoms with E-state index in [1.54, 1.807) is 17.9 Å². The number of nitrogens with zero attached hydrogens (tertiary/aromatic N) is 3. The predicted molar refractivity (Wildman–Crippen MR) is 130 cm³/mol. The summed E-state index contributed by atoms with van der Waals surface area (Å²) in [6, 6.07) is 13.5. The zero-order chi connectivity index (χ0) is 23.4. The predicted octanol–water partition coefficient (Wildman–Crippen LogP) is 5.13. The minimum absolute atomic E-state index is 0.0438. The second-order valence-corrected chi connectivity index (χ2v) is 9.09. The number of esters is 1. The molecule has 2 aromatic carbocycles. The Hall–Kier alpha value is -2.57. The number of ether oxygens (including phenoxy) is 1. The molecule has 0 N–H and O–H groups in total. The van der Waals surface area contributed by atoms with Gasteiger partial charge in [-0.05, 0) is 49.6 Å². The lowest BCUT2D eigenvalue weighted by molar-refractivity contribution is -0.151. The molecule has 3 aromatic rings. The highest BCUT2D eigenvalue weighted by Crippen LogP contribution is 2.25. The van der Waals surface area contributed by atoms with E-state index in [0.29, 0.717) is 49.1 Å². The molecule has 1 aromatic heterocycles. The number of para-hydroxylation sites is 2. The summed E-state index contributed by atoms with van der Waals surface area (Å²) in [5, 5.41) is 1.02. The van der Waals surface area contributed by atoms with Crippen LogP contribution in [0.4, 0.5) is 0 Å². The van der Waals surface area contributed by atoms with Gasteiger partial charge >= 0.3 is 5.97 Å². The largest absolute Gasteiger partial charge is 0.466 e. The van der Waals surface area contributed by atoms with Crippen LogP contribution in [0, 0.1) is 5.92 Å². The Kier molecular flexibility index (Phi) is 7.56. The summed E-state index contributed by atoms with van der Waals surface area (Å²) in [6.07, 6.45) is 2.49. The fourth-order valence-electron chi connectivity index (χ4n) is 4.36. The van der Waals surface area contributed by atoms with Crippen molar-refractivity contribution in [2.45, 2.75) is 39.2 Å². The first kappa shape index (κ1) is 23.6. The van der Waals surface area contributed by atoms with Crippen LogP contribution < -0.4 is 0 Å². The molecule has 0 saturated carbocycles. The molecule has 1 aliphatic rings. The van der Waals surface area contributed by atoms with Gasteiger partial charge in [-0.2, -0.15) is 0 Å². The summed E-state index contributed by atoms with van der Waals surface area (Å²) in [6.45, 7) is 3.78. The number of carbonyl (C=O) groups excluding carboxylic acids is 2. The Morgan fingerprint density at radius 1 is 1.15 bits per heavy atom. The van der Waals surface area contributed by atoms with Crippen LogP contribution in [-0.4, -0.2) is 46.0 Å². The lowest BCUT2D eigenvalue weighted by atomic mass is 9.98. The van der Waals surface area contributed by atoms with Gasteiger partial charge in [-0.25, -0.2) is 4.98 Å². The molecule has 174 valence electrons. The van der Waals surface area contributed by atoms with E-state index < -0.39 is 0 Å². The van der Waals surface area contributed by atoms with Gasteiger partial charge in [0.25, 0.3) is 0 Å². The average molecular weight is 488 g/mol. The number of benzene rings is 2. The fraction of sp³-hybridized carbons (Fsp3) is 0.400. The molecule has 4 rings (SSSR count). The third-order valence-corrected chi connectivity index (χ3v) is 6.76. The number of piperidine rings is 1. The minimum Gasteiger partial charge on any atom is -0.466 e. The van der Waals surface area contributed by atoms with Crippen molar-refractivity contribution in [3.63, 3.8) is 0 Å². The van der Waals surface area contributed by atoms with Crippen molar-refractivity contribution in [1.29, 1.82) is 0 Å². The highest BCUT2D eigenvalue weighted by molar-refractivity contribution is 6.42. The van der Waals surface area contributed by atoms with Gasteiger partial charge in [0.05, 0.1) is 33.6 Å². The Bertz CT molecular complexity index is 1160. The van der Waals surface area contributed by atoms with Crippen LogP contribution in [0.2, 0.25) is 10.0 Å². The number of imidazole rings is 1. The molecule has 0 bridgehead atoms. The molecule has 0 radical (unpaired) electrons. The zero-order valence-corrected chi connectivity index (χ0v) is 20.1. The summed E-state index contributed by atoms with van der Waals surface area (Å²) in [4.78, 5) is 31.7. The highest BCUT2D eigenvalue weighted by atomic mass is 35.5. The number of hydrogen-bond donors (Lipinski definition) is 0. The molecule has 1 fully saturated rings. The smallest absolute Gasteiger partial charge is 0.310 e. The van der Waals surface area contributed by atoms with Gasteiger partial charge in [-0.15, -0.1) is 0 Å².